The van der Waals surface area contributed by atoms with Gasteiger partial charge in [-0.15, -0.1) is 0 Å². The van der Waals surface area contributed by atoms with Crippen molar-refractivity contribution >= 4 is 130 Å². The number of nitrogens with zero attached hydrogens (tertiary/aromatic N) is 2. The number of amides is 2. The number of anilines is 2. The molecule has 0 saturated carbocycles. The van der Waals surface area contributed by atoms with E-state index >= 15 is 0 Å². The van der Waals surface area contributed by atoms with E-state index in [0.29, 0.717) is 67.5 Å². The predicted molar refractivity (Wildman–Crippen MR) is 185 cm³/mol. The Labute approximate surface area is 288 Å². The van der Waals surface area contributed by atoms with Crippen LogP contribution in [0.4, 0.5) is 17.1 Å². The Morgan fingerprint density at radius 3 is 2.14 bits per heavy atom. The van der Waals surface area contributed by atoms with Gasteiger partial charge in [-0.1, -0.05) is 46.4 Å². The lowest BCUT2D eigenvalue weighted by molar-refractivity contribution is -0.118. The quantitative estimate of drug-likeness (QED) is 0.189. The Morgan fingerprint density at radius 1 is 0.884 bits per heavy atom. The van der Waals surface area contributed by atoms with Gasteiger partial charge in [0.15, 0.2) is 11.8 Å². The minimum absolute atomic E-state index is 0.244. The Morgan fingerprint density at radius 2 is 1.51 bits per heavy atom. The molecule has 1 aliphatic rings. The Hall–Kier alpha value is -2.50. The molecule has 0 atom stereocenters. The van der Waals surface area contributed by atoms with Gasteiger partial charge in [0.25, 0.3) is 11.8 Å². The maximum atomic E-state index is 13.6. The first kappa shape index (κ1) is 31.9. The Bertz CT molecular complexity index is 1760. The van der Waals surface area contributed by atoms with Crippen molar-refractivity contribution in [3.63, 3.8) is 0 Å². The largest absolute Gasteiger partial charge is 0.481 e. The average Bonchev–Trinajstić information content (AvgIpc) is 3.26. The number of rotatable bonds is 7. The van der Waals surface area contributed by atoms with Crippen LogP contribution in [0.1, 0.15) is 5.56 Å². The van der Waals surface area contributed by atoms with Gasteiger partial charge in [-0.05, 0) is 134 Å². The predicted octanol–water partition coefficient (Wildman–Crippen LogP) is 10.7. The Kier molecular flexibility index (Phi) is 10.4. The van der Waals surface area contributed by atoms with Gasteiger partial charge < -0.3 is 10.1 Å². The van der Waals surface area contributed by atoms with Crippen LogP contribution in [0, 0.1) is 0 Å². The fourth-order valence-electron chi connectivity index (χ4n) is 3.85. The lowest BCUT2D eigenvalue weighted by atomic mass is 10.2. The number of amidine groups is 1. The van der Waals surface area contributed by atoms with Crippen LogP contribution in [-0.2, 0) is 9.59 Å². The summed E-state index contributed by atoms with van der Waals surface area (Å²) < 4.78 is 6.93. The molecule has 0 bridgehead atoms. The summed E-state index contributed by atoms with van der Waals surface area (Å²) in [6, 6.07) is 22.4. The highest BCUT2D eigenvalue weighted by Crippen LogP contribution is 2.40. The molecule has 1 N–H and O–H groups in total. The molecule has 2 amide bonds. The van der Waals surface area contributed by atoms with Crippen LogP contribution in [0.5, 0.6) is 5.75 Å². The number of carbonyl (C=O) groups is 2. The molecule has 1 saturated heterocycles. The zero-order valence-electron chi connectivity index (χ0n) is 21.6. The van der Waals surface area contributed by atoms with Crippen LogP contribution in [0.25, 0.3) is 6.08 Å². The number of benzene rings is 4. The summed E-state index contributed by atoms with van der Waals surface area (Å²) in [5.41, 5.74) is 2.48. The van der Waals surface area contributed by atoms with Crippen molar-refractivity contribution in [2.45, 2.75) is 0 Å². The van der Waals surface area contributed by atoms with Gasteiger partial charge in [-0.3, -0.25) is 14.5 Å². The van der Waals surface area contributed by atoms with E-state index in [1.54, 1.807) is 84.9 Å². The smallest absolute Gasteiger partial charge is 0.271 e. The number of nitrogens with one attached hydrogen (secondary N) is 1. The fraction of sp³-hybridized carbons (Fsp3) is 0.0333. The van der Waals surface area contributed by atoms with Crippen molar-refractivity contribution in [2.24, 2.45) is 4.99 Å². The lowest BCUT2D eigenvalue weighted by Gasteiger charge is -2.15. The van der Waals surface area contributed by atoms with Crippen LogP contribution in [-0.4, -0.2) is 23.6 Å². The number of thioether (sulfide) groups is 1. The second-order valence-electron chi connectivity index (χ2n) is 8.88. The molecule has 1 heterocycles. The molecule has 0 aromatic heterocycles. The zero-order chi connectivity index (χ0) is 30.7. The van der Waals surface area contributed by atoms with Crippen molar-refractivity contribution in [3.05, 3.63) is 118 Å². The molecular formula is C30H17Br2Cl4N3O3S. The molecule has 0 unspecified atom stereocenters. The molecule has 13 heteroatoms. The van der Waals surface area contributed by atoms with Gasteiger partial charge in [0.05, 0.1) is 35.3 Å². The molecule has 6 nitrogen and oxygen atoms in total. The minimum atomic E-state index is -0.383. The number of aliphatic imine (C=N–C) groups is 1. The van der Waals surface area contributed by atoms with Gasteiger partial charge in [0.1, 0.15) is 5.75 Å². The second-order valence-corrected chi connectivity index (χ2v) is 13.3. The fourth-order valence-corrected chi connectivity index (χ4v) is 6.86. The van der Waals surface area contributed by atoms with E-state index in [1.807, 2.05) is 0 Å². The molecule has 5 rings (SSSR count). The third-order valence-corrected chi connectivity index (χ3v) is 9.20. The van der Waals surface area contributed by atoms with Crippen molar-refractivity contribution in [3.8, 4) is 5.75 Å². The number of hydrogen-bond donors (Lipinski definition) is 1. The Balaban J connectivity index is 1.36. The summed E-state index contributed by atoms with van der Waals surface area (Å²) in [6.07, 6.45) is 1.76. The third-order valence-electron chi connectivity index (χ3n) is 5.81. The SMILES string of the molecule is O=C(COc1c(Br)cc(/C=C2/SC(=Nc3ccc(Cl)cc3)N(c3ccc(Cl)cc3)C2=O)cc1Br)Nc1ccc(Cl)c(Cl)c1. The third kappa shape index (κ3) is 7.97. The van der Waals surface area contributed by atoms with Gasteiger partial charge in [0, 0.05) is 15.7 Å². The maximum absolute atomic E-state index is 13.6. The number of halogens is 6. The highest BCUT2D eigenvalue weighted by molar-refractivity contribution is 9.11. The van der Waals surface area contributed by atoms with Crippen molar-refractivity contribution in [1.82, 2.24) is 0 Å². The van der Waals surface area contributed by atoms with Crippen LogP contribution in [0.3, 0.4) is 0 Å². The molecule has 0 radical (unpaired) electrons. The molecule has 43 heavy (non-hydrogen) atoms. The van der Waals surface area contributed by atoms with Gasteiger partial charge in [-0.2, -0.15) is 0 Å². The minimum Gasteiger partial charge on any atom is -0.481 e. The van der Waals surface area contributed by atoms with E-state index in [1.165, 1.54) is 16.7 Å². The van der Waals surface area contributed by atoms with Gasteiger partial charge >= 0.3 is 0 Å². The van der Waals surface area contributed by atoms with Crippen LogP contribution in [0.15, 0.2) is 97.7 Å². The first-order chi connectivity index (χ1) is 20.6. The summed E-state index contributed by atoms with van der Waals surface area (Å²) in [7, 11) is 0. The standard InChI is InChI=1S/C30H17Br2Cl4N3O3S/c31-22-11-16(12-23(32)28(22)42-15-27(40)37-20-7-10-24(35)25(36)14-20)13-26-29(41)39(21-8-3-18(34)4-9-21)30(43-26)38-19-5-1-17(33)2-6-19/h1-14H,15H2,(H,37,40)/b26-13+,38-30?. The summed E-state index contributed by atoms with van der Waals surface area (Å²) in [6.45, 7) is -0.257. The molecule has 4 aromatic rings. The first-order valence-electron chi connectivity index (χ1n) is 12.3. The average molecular weight is 801 g/mol. The molecule has 218 valence electrons. The molecule has 4 aromatic carbocycles. The van der Waals surface area contributed by atoms with E-state index in [0.717, 1.165) is 0 Å². The summed E-state index contributed by atoms with van der Waals surface area (Å²) >= 11 is 32.3. The second kappa shape index (κ2) is 14.1. The van der Waals surface area contributed by atoms with Gasteiger partial charge in [-0.25, -0.2) is 4.99 Å². The van der Waals surface area contributed by atoms with E-state index in [4.69, 9.17) is 56.1 Å². The zero-order valence-corrected chi connectivity index (χ0v) is 28.6. The normalized spacial score (nSPS) is 14.9. The number of ether oxygens (including phenoxy) is 1. The number of hydrogen-bond acceptors (Lipinski definition) is 5. The van der Waals surface area contributed by atoms with Crippen molar-refractivity contribution < 1.29 is 14.3 Å². The van der Waals surface area contributed by atoms with Gasteiger partial charge in [0.2, 0.25) is 0 Å². The molecule has 1 fully saturated rings. The summed E-state index contributed by atoms with van der Waals surface area (Å²) in [5, 5.41) is 5.05. The van der Waals surface area contributed by atoms with Crippen LogP contribution < -0.4 is 15.0 Å². The van der Waals surface area contributed by atoms with E-state index in [2.05, 4.69) is 37.2 Å². The molecule has 0 aliphatic carbocycles. The topological polar surface area (TPSA) is 71.0 Å². The van der Waals surface area contributed by atoms with Crippen molar-refractivity contribution in [1.29, 1.82) is 0 Å². The monoisotopic (exact) mass is 797 g/mol. The number of carbonyl (C=O) groups excluding carboxylic acids is 2. The highest BCUT2D eigenvalue weighted by Gasteiger charge is 2.35. The summed E-state index contributed by atoms with van der Waals surface area (Å²) in [5.74, 6) is -0.206. The highest BCUT2D eigenvalue weighted by atomic mass is 79.9. The maximum Gasteiger partial charge on any atom is 0.271 e. The van der Waals surface area contributed by atoms with E-state index in [-0.39, 0.29) is 18.4 Å². The molecule has 1 aliphatic heterocycles. The van der Waals surface area contributed by atoms with E-state index in [9.17, 15) is 9.59 Å². The van der Waals surface area contributed by atoms with Crippen molar-refractivity contribution in [2.75, 3.05) is 16.8 Å². The van der Waals surface area contributed by atoms with Crippen LogP contribution in [0.2, 0.25) is 20.1 Å². The van der Waals surface area contributed by atoms with Crippen LogP contribution >= 0.6 is 90.0 Å². The molecular weight excluding hydrogens is 784 g/mol. The first-order valence-corrected chi connectivity index (χ1v) is 16.2. The van der Waals surface area contributed by atoms with E-state index < -0.39 is 0 Å². The molecule has 0 spiro atoms. The lowest BCUT2D eigenvalue weighted by Crippen LogP contribution is -2.28. The summed E-state index contributed by atoms with van der Waals surface area (Å²) in [4.78, 5) is 32.8.